The lowest BCUT2D eigenvalue weighted by Gasteiger charge is -2.03. The Labute approximate surface area is 106 Å². The highest BCUT2D eigenvalue weighted by molar-refractivity contribution is 5.97. The van der Waals surface area contributed by atoms with Crippen LogP contribution in [0.3, 0.4) is 0 Å². The number of hydrogen-bond donors (Lipinski definition) is 0. The van der Waals surface area contributed by atoms with E-state index in [-0.39, 0.29) is 5.78 Å². The Morgan fingerprint density at radius 2 is 2.11 bits per heavy atom. The van der Waals surface area contributed by atoms with Gasteiger partial charge in [-0.1, -0.05) is 6.07 Å². The van der Waals surface area contributed by atoms with Gasteiger partial charge in [0.25, 0.3) is 0 Å². The van der Waals surface area contributed by atoms with Crippen molar-refractivity contribution in [3.8, 4) is 5.88 Å². The van der Waals surface area contributed by atoms with Crippen LogP contribution in [0.2, 0.25) is 0 Å². The zero-order valence-corrected chi connectivity index (χ0v) is 10.4. The normalized spacial score (nSPS) is 10.1. The molecule has 0 atom stereocenters. The van der Waals surface area contributed by atoms with Crippen LogP contribution in [0, 0.1) is 6.92 Å². The summed E-state index contributed by atoms with van der Waals surface area (Å²) < 4.78 is 4.97. The predicted octanol–water partition coefficient (Wildman–Crippen LogP) is 2.22. The maximum Gasteiger partial charge on any atom is 0.212 e. The minimum atomic E-state index is 0.0400. The van der Waals surface area contributed by atoms with Crippen molar-refractivity contribution in [1.82, 2.24) is 9.97 Å². The summed E-state index contributed by atoms with van der Waals surface area (Å²) in [5.41, 5.74) is 2.47. The van der Waals surface area contributed by atoms with Crippen LogP contribution in [0.25, 0.3) is 0 Å². The third-order valence-corrected chi connectivity index (χ3v) is 2.57. The molecule has 2 aromatic heterocycles. The molecule has 0 radical (unpaired) electrons. The molecule has 0 bridgehead atoms. The Hall–Kier alpha value is -2.23. The van der Waals surface area contributed by atoms with Crippen LogP contribution in [0.15, 0.2) is 36.8 Å². The number of nitrogens with zero attached hydrogens (tertiary/aromatic N) is 2. The summed E-state index contributed by atoms with van der Waals surface area (Å²) >= 11 is 0. The van der Waals surface area contributed by atoms with Gasteiger partial charge in [0.15, 0.2) is 5.78 Å². The fourth-order valence-corrected chi connectivity index (χ4v) is 1.63. The second-order valence-corrected chi connectivity index (χ2v) is 4.06. The van der Waals surface area contributed by atoms with Crippen LogP contribution in [0.4, 0.5) is 0 Å². The molecule has 0 unspecified atom stereocenters. The Bertz CT molecular complexity index is 550. The smallest absolute Gasteiger partial charge is 0.212 e. The largest absolute Gasteiger partial charge is 0.481 e. The molecule has 0 amide bonds. The molecule has 4 heteroatoms. The predicted molar refractivity (Wildman–Crippen MR) is 67.8 cm³/mol. The van der Waals surface area contributed by atoms with E-state index in [2.05, 4.69) is 9.97 Å². The first-order chi connectivity index (χ1) is 8.69. The number of aryl methyl sites for hydroxylation is 1. The summed E-state index contributed by atoms with van der Waals surface area (Å²) in [4.78, 5) is 20.1. The van der Waals surface area contributed by atoms with Gasteiger partial charge < -0.3 is 4.74 Å². The number of rotatable bonds is 4. The highest BCUT2D eigenvalue weighted by atomic mass is 16.5. The van der Waals surface area contributed by atoms with Crippen molar-refractivity contribution in [3.05, 3.63) is 53.5 Å². The zero-order valence-electron chi connectivity index (χ0n) is 10.4. The first kappa shape index (κ1) is 12.2. The Balaban J connectivity index is 2.11. The van der Waals surface area contributed by atoms with Crippen LogP contribution in [0.1, 0.15) is 21.5 Å². The molecule has 0 spiro atoms. The summed E-state index contributed by atoms with van der Waals surface area (Å²) in [5.74, 6) is 0.585. The number of pyridine rings is 2. The van der Waals surface area contributed by atoms with Crippen molar-refractivity contribution >= 4 is 5.78 Å². The van der Waals surface area contributed by atoms with E-state index >= 15 is 0 Å². The summed E-state index contributed by atoms with van der Waals surface area (Å²) in [5, 5.41) is 0. The van der Waals surface area contributed by atoms with Gasteiger partial charge in [0.2, 0.25) is 5.88 Å². The topological polar surface area (TPSA) is 52.1 Å². The van der Waals surface area contributed by atoms with Crippen molar-refractivity contribution in [2.24, 2.45) is 0 Å². The minimum absolute atomic E-state index is 0.0400. The number of ether oxygens (including phenoxy) is 1. The molecule has 0 aromatic carbocycles. The first-order valence-corrected chi connectivity index (χ1v) is 5.63. The van der Waals surface area contributed by atoms with E-state index in [1.165, 1.54) is 0 Å². The van der Waals surface area contributed by atoms with Gasteiger partial charge in [-0.3, -0.25) is 9.78 Å². The Morgan fingerprint density at radius 3 is 2.72 bits per heavy atom. The number of ketones is 1. The van der Waals surface area contributed by atoms with Gasteiger partial charge >= 0.3 is 0 Å². The number of methoxy groups -OCH3 is 1. The van der Waals surface area contributed by atoms with E-state index in [9.17, 15) is 4.79 Å². The molecular formula is C14H14N2O2. The van der Waals surface area contributed by atoms with Gasteiger partial charge in [-0.2, -0.15) is 0 Å². The summed E-state index contributed by atoms with van der Waals surface area (Å²) in [6, 6.07) is 5.43. The van der Waals surface area contributed by atoms with Gasteiger partial charge in [0.05, 0.1) is 7.11 Å². The maximum atomic E-state index is 12.0. The van der Waals surface area contributed by atoms with Gasteiger partial charge in [-0.15, -0.1) is 0 Å². The van der Waals surface area contributed by atoms with E-state index in [4.69, 9.17) is 4.74 Å². The Kier molecular flexibility index (Phi) is 3.67. The summed E-state index contributed by atoms with van der Waals surface area (Å²) in [6.45, 7) is 1.92. The molecule has 0 aliphatic carbocycles. The Morgan fingerprint density at radius 1 is 1.28 bits per heavy atom. The van der Waals surface area contributed by atoms with Crippen molar-refractivity contribution < 1.29 is 9.53 Å². The minimum Gasteiger partial charge on any atom is -0.481 e. The van der Waals surface area contributed by atoms with Crippen molar-refractivity contribution in [2.75, 3.05) is 7.11 Å². The summed E-state index contributed by atoms with van der Waals surface area (Å²) in [7, 11) is 1.56. The molecule has 0 aliphatic heterocycles. The van der Waals surface area contributed by atoms with E-state index in [1.54, 1.807) is 31.8 Å². The molecule has 0 aliphatic rings. The fourth-order valence-electron chi connectivity index (χ4n) is 1.63. The zero-order chi connectivity index (χ0) is 13.0. The number of carbonyl (C=O) groups excluding carboxylic acids is 1. The molecule has 0 fully saturated rings. The lowest BCUT2D eigenvalue weighted by Crippen LogP contribution is -2.04. The molecule has 2 rings (SSSR count). The maximum absolute atomic E-state index is 12.0. The lowest BCUT2D eigenvalue weighted by atomic mass is 10.1. The third kappa shape index (κ3) is 2.91. The molecule has 2 heterocycles. The molecule has 92 valence electrons. The molecule has 0 saturated carbocycles. The molecule has 2 aromatic rings. The lowest BCUT2D eigenvalue weighted by molar-refractivity contribution is 0.0992. The number of carbonyl (C=O) groups is 1. The van der Waals surface area contributed by atoms with Gasteiger partial charge in [0, 0.05) is 36.6 Å². The number of hydrogen-bond acceptors (Lipinski definition) is 4. The fraction of sp³-hybridized carbons (Fsp3) is 0.214. The second kappa shape index (κ2) is 5.40. The van der Waals surface area contributed by atoms with Crippen molar-refractivity contribution in [1.29, 1.82) is 0 Å². The third-order valence-electron chi connectivity index (χ3n) is 2.57. The number of aromatic nitrogens is 2. The van der Waals surface area contributed by atoms with Gasteiger partial charge in [-0.25, -0.2) is 4.98 Å². The van der Waals surface area contributed by atoms with Crippen LogP contribution in [0.5, 0.6) is 5.88 Å². The van der Waals surface area contributed by atoms with E-state index in [1.807, 2.05) is 19.1 Å². The van der Waals surface area contributed by atoms with E-state index < -0.39 is 0 Å². The standard InChI is InChI=1S/C14H14N2O2/c1-10-5-12(9-15-7-10)13(17)6-11-3-4-14(18-2)16-8-11/h3-5,7-9H,6H2,1-2H3. The average molecular weight is 242 g/mol. The molecule has 0 saturated heterocycles. The van der Waals surface area contributed by atoms with E-state index in [0.29, 0.717) is 17.9 Å². The van der Waals surface area contributed by atoms with Crippen LogP contribution >= 0.6 is 0 Å². The SMILES string of the molecule is COc1ccc(CC(=O)c2cncc(C)c2)cn1. The second-order valence-electron chi connectivity index (χ2n) is 4.06. The van der Waals surface area contributed by atoms with Gasteiger partial charge in [-0.05, 0) is 24.1 Å². The molecule has 4 nitrogen and oxygen atoms in total. The molecule has 18 heavy (non-hydrogen) atoms. The monoisotopic (exact) mass is 242 g/mol. The molecule has 0 N–H and O–H groups in total. The molecular weight excluding hydrogens is 228 g/mol. The highest BCUT2D eigenvalue weighted by Crippen LogP contribution is 2.10. The van der Waals surface area contributed by atoms with Crippen LogP contribution in [-0.4, -0.2) is 22.9 Å². The van der Waals surface area contributed by atoms with Crippen LogP contribution < -0.4 is 4.74 Å². The van der Waals surface area contributed by atoms with Gasteiger partial charge in [0.1, 0.15) is 0 Å². The highest BCUT2D eigenvalue weighted by Gasteiger charge is 2.08. The first-order valence-electron chi connectivity index (χ1n) is 5.63. The van der Waals surface area contributed by atoms with E-state index in [0.717, 1.165) is 11.1 Å². The van der Waals surface area contributed by atoms with Crippen molar-refractivity contribution in [3.63, 3.8) is 0 Å². The van der Waals surface area contributed by atoms with Crippen molar-refractivity contribution in [2.45, 2.75) is 13.3 Å². The quantitative estimate of drug-likeness (QED) is 0.771. The average Bonchev–Trinajstić information content (AvgIpc) is 2.39. The summed E-state index contributed by atoms with van der Waals surface area (Å²) in [6.07, 6.45) is 5.29. The van der Waals surface area contributed by atoms with Crippen LogP contribution in [-0.2, 0) is 6.42 Å². The number of Topliss-reactive ketones (excluding diaryl/α,β-unsaturated/α-hetero) is 1.